The molecule has 0 aliphatic heterocycles. The Labute approximate surface area is 144 Å². The molecule has 6 heteroatoms. The Balaban J connectivity index is 1.71. The molecule has 124 valence electrons. The molecule has 1 saturated carbocycles. The average Bonchev–Trinajstić information content (AvgIpc) is 2.54. The van der Waals surface area contributed by atoms with Crippen LogP contribution in [0.3, 0.4) is 0 Å². The second kappa shape index (κ2) is 6.61. The standard InChI is InChI=1S/C18H16ClFN2O2/c19-15-5-2-1-4-14(15)16(23)21-22-17(24)18(10-3-11-18)12-6-8-13(20)9-7-12/h1-2,4-9H,3,10-11H2,(H,21,23)(H,22,24). The summed E-state index contributed by atoms with van der Waals surface area (Å²) in [4.78, 5) is 24.7. The molecule has 0 saturated heterocycles. The van der Waals surface area contributed by atoms with Crippen LogP contribution < -0.4 is 10.9 Å². The third-order valence-corrected chi connectivity index (χ3v) is 4.78. The van der Waals surface area contributed by atoms with Crippen molar-refractivity contribution in [3.8, 4) is 0 Å². The molecule has 0 unspecified atom stereocenters. The smallest absolute Gasteiger partial charge is 0.271 e. The quantitative estimate of drug-likeness (QED) is 0.837. The van der Waals surface area contributed by atoms with Crippen LogP contribution in [-0.4, -0.2) is 11.8 Å². The van der Waals surface area contributed by atoms with Crippen molar-refractivity contribution in [3.63, 3.8) is 0 Å². The van der Waals surface area contributed by atoms with E-state index in [2.05, 4.69) is 10.9 Å². The van der Waals surface area contributed by atoms with Gasteiger partial charge in [-0.05, 0) is 42.7 Å². The van der Waals surface area contributed by atoms with Crippen LogP contribution in [0.15, 0.2) is 48.5 Å². The summed E-state index contributed by atoms with van der Waals surface area (Å²) in [5.41, 5.74) is 5.18. The van der Waals surface area contributed by atoms with Crippen molar-refractivity contribution in [2.24, 2.45) is 0 Å². The normalized spacial score (nSPS) is 15.2. The van der Waals surface area contributed by atoms with Crippen molar-refractivity contribution in [1.29, 1.82) is 0 Å². The second-order valence-electron chi connectivity index (χ2n) is 5.83. The third-order valence-electron chi connectivity index (χ3n) is 4.45. The Kier molecular flexibility index (Phi) is 4.53. The predicted molar refractivity (Wildman–Crippen MR) is 89.0 cm³/mol. The maximum Gasteiger partial charge on any atom is 0.271 e. The molecule has 0 heterocycles. The molecule has 0 atom stereocenters. The summed E-state index contributed by atoms with van der Waals surface area (Å²) in [6, 6.07) is 12.5. The first kappa shape index (κ1) is 16.5. The highest BCUT2D eigenvalue weighted by Crippen LogP contribution is 2.43. The Morgan fingerprint density at radius 1 is 1.00 bits per heavy atom. The first-order valence-electron chi connectivity index (χ1n) is 7.64. The Morgan fingerprint density at radius 3 is 2.25 bits per heavy atom. The van der Waals surface area contributed by atoms with E-state index in [1.165, 1.54) is 12.1 Å². The molecule has 24 heavy (non-hydrogen) atoms. The molecule has 0 aromatic heterocycles. The number of benzene rings is 2. The Morgan fingerprint density at radius 2 is 1.67 bits per heavy atom. The Bertz CT molecular complexity index is 773. The summed E-state index contributed by atoms with van der Waals surface area (Å²) in [5.74, 6) is -1.14. The van der Waals surface area contributed by atoms with Gasteiger partial charge in [-0.25, -0.2) is 4.39 Å². The van der Waals surface area contributed by atoms with Crippen LogP contribution in [0, 0.1) is 5.82 Å². The van der Waals surface area contributed by atoms with Crippen molar-refractivity contribution in [1.82, 2.24) is 10.9 Å². The molecule has 2 N–H and O–H groups in total. The van der Waals surface area contributed by atoms with E-state index in [4.69, 9.17) is 11.6 Å². The van der Waals surface area contributed by atoms with Crippen LogP contribution in [0.4, 0.5) is 4.39 Å². The van der Waals surface area contributed by atoms with Crippen LogP contribution in [0.1, 0.15) is 35.2 Å². The van der Waals surface area contributed by atoms with E-state index in [0.717, 1.165) is 12.0 Å². The van der Waals surface area contributed by atoms with Crippen molar-refractivity contribution >= 4 is 23.4 Å². The first-order valence-corrected chi connectivity index (χ1v) is 8.02. The van der Waals surface area contributed by atoms with E-state index in [1.54, 1.807) is 36.4 Å². The van der Waals surface area contributed by atoms with E-state index in [0.29, 0.717) is 17.9 Å². The average molecular weight is 347 g/mol. The highest BCUT2D eigenvalue weighted by atomic mass is 35.5. The monoisotopic (exact) mass is 346 g/mol. The number of hydrogen-bond donors (Lipinski definition) is 2. The summed E-state index contributed by atoms with van der Waals surface area (Å²) >= 11 is 5.96. The molecule has 0 spiro atoms. The predicted octanol–water partition coefficient (Wildman–Crippen LogP) is 3.36. The lowest BCUT2D eigenvalue weighted by molar-refractivity contribution is -0.130. The van der Waals surface area contributed by atoms with Crippen molar-refractivity contribution in [2.45, 2.75) is 24.7 Å². The summed E-state index contributed by atoms with van der Waals surface area (Å²) in [6.07, 6.45) is 2.22. The summed E-state index contributed by atoms with van der Waals surface area (Å²) in [7, 11) is 0. The minimum absolute atomic E-state index is 0.281. The largest absolute Gasteiger partial charge is 0.272 e. The van der Waals surface area contributed by atoms with E-state index >= 15 is 0 Å². The number of hydrazine groups is 1. The molecule has 0 bridgehead atoms. The molecule has 1 aliphatic rings. The summed E-state index contributed by atoms with van der Waals surface area (Å²) < 4.78 is 13.1. The van der Waals surface area contributed by atoms with Gasteiger partial charge in [0.15, 0.2) is 0 Å². The van der Waals surface area contributed by atoms with Crippen molar-refractivity contribution in [2.75, 3.05) is 0 Å². The minimum atomic E-state index is -0.721. The fourth-order valence-electron chi connectivity index (χ4n) is 2.89. The number of carbonyl (C=O) groups excluding carboxylic acids is 2. The van der Waals surface area contributed by atoms with Gasteiger partial charge in [-0.2, -0.15) is 0 Å². The van der Waals surface area contributed by atoms with Crippen LogP contribution in [0.25, 0.3) is 0 Å². The van der Waals surface area contributed by atoms with Gasteiger partial charge in [-0.15, -0.1) is 0 Å². The van der Waals surface area contributed by atoms with Crippen LogP contribution in [0.2, 0.25) is 5.02 Å². The molecule has 4 nitrogen and oxygen atoms in total. The number of carbonyl (C=O) groups is 2. The number of amides is 2. The number of halogens is 2. The highest BCUT2D eigenvalue weighted by Gasteiger charge is 2.45. The zero-order chi connectivity index (χ0) is 17.2. The van der Waals surface area contributed by atoms with Crippen LogP contribution >= 0.6 is 11.6 Å². The molecular formula is C18H16ClFN2O2. The molecule has 2 aromatic carbocycles. The maximum absolute atomic E-state index is 13.1. The van der Waals surface area contributed by atoms with Crippen molar-refractivity contribution in [3.05, 3.63) is 70.5 Å². The third kappa shape index (κ3) is 2.99. The fourth-order valence-corrected chi connectivity index (χ4v) is 3.11. The van der Waals surface area contributed by atoms with Gasteiger partial charge in [0, 0.05) is 0 Å². The van der Waals surface area contributed by atoms with Crippen LogP contribution in [-0.2, 0) is 10.2 Å². The van der Waals surface area contributed by atoms with E-state index < -0.39 is 11.3 Å². The number of hydrogen-bond acceptors (Lipinski definition) is 2. The SMILES string of the molecule is O=C(NNC(=O)C1(c2ccc(F)cc2)CCC1)c1ccccc1Cl. The summed E-state index contributed by atoms with van der Waals surface area (Å²) in [6.45, 7) is 0. The lowest BCUT2D eigenvalue weighted by Gasteiger charge is -2.40. The molecule has 2 aromatic rings. The molecule has 3 rings (SSSR count). The summed E-state index contributed by atoms with van der Waals surface area (Å²) in [5, 5.41) is 0.307. The topological polar surface area (TPSA) is 58.2 Å². The molecule has 1 aliphatic carbocycles. The molecule has 2 amide bonds. The molecule has 1 fully saturated rings. The number of nitrogens with one attached hydrogen (secondary N) is 2. The highest BCUT2D eigenvalue weighted by molar-refractivity contribution is 6.33. The van der Waals surface area contributed by atoms with E-state index in [9.17, 15) is 14.0 Å². The second-order valence-corrected chi connectivity index (χ2v) is 6.24. The number of rotatable bonds is 3. The minimum Gasteiger partial charge on any atom is -0.272 e. The zero-order valence-electron chi connectivity index (χ0n) is 12.8. The van der Waals surface area contributed by atoms with Gasteiger partial charge in [0.05, 0.1) is 16.0 Å². The van der Waals surface area contributed by atoms with Gasteiger partial charge in [0.25, 0.3) is 5.91 Å². The molecular weight excluding hydrogens is 331 g/mol. The molecule has 0 radical (unpaired) electrons. The van der Waals surface area contributed by atoms with Crippen LogP contribution in [0.5, 0.6) is 0 Å². The van der Waals surface area contributed by atoms with E-state index in [1.807, 2.05) is 0 Å². The van der Waals surface area contributed by atoms with Crippen molar-refractivity contribution < 1.29 is 14.0 Å². The van der Waals surface area contributed by atoms with E-state index in [-0.39, 0.29) is 17.3 Å². The van der Waals surface area contributed by atoms with Gasteiger partial charge in [-0.3, -0.25) is 20.4 Å². The Hall–Kier alpha value is -2.40. The fraction of sp³-hybridized carbons (Fsp3) is 0.222. The van der Waals surface area contributed by atoms with Gasteiger partial charge < -0.3 is 0 Å². The maximum atomic E-state index is 13.1. The zero-order valence-corrected chi connectivity index (χ0v) is 13.6. The van der Waals surface area contributed by atoms with Gasteiger partial charge >= 0.3 is 0 Å². The lowest BCUT2D eigenvalue weighted by atomic mass is 9.64. The first-order chi connectivity index (χ1) is 11.5. The van der Waals surface area contributed by atoms with Gasteiger partial charge in [0.1, 0.15) is 5.82 Å². The van der Waals surface area contributed by atoms with Gasteiger partial charge in [-0.1, -0.05) is 42.3 Å². The van der Waals surface area contributed by atoms with Gasteiger partial charge in [0.2, 0.25) is 5.91 Å². The lowest BCUT2D eigenvalue weighted by Crippen LogP contribution is -2.54.